The van der Waals surface area contributed by atoms with Gasteiger partial charge in [-0.1, -0.05) is 18.2 Å². The summed E-state index contributed by atoms with van der Waals surface area (Å²) in [6.45, 7) is -0.799. The Balaban J connectivity index is 1.31. The van der Waals surface area contributed by atoms with Crippen molar-refractivity contribution in [2.24, 2.45) is 0 Å². The summed E-state index contributed by atoms with van der Waals surface area (Å²) in [6.07, 6.45) is 0.873. The minimum atomic E-state index is -4.43. The Hall–Kier alpha value is -4.02. The zero-order valence-electron chi connectivity index (χ0n) is 16.6. The monoisotopic (exact) mass is 442 g/mol. The fourth-order valence-electron chi connectivity index (χ4n) is 2.78. The standard InChI is InChI=1S/C21H17F3N6O2/c22-21(23,24)12-31-16-2-1-3-17(30-16)32-15-6-4-14(5-7-15)8-9-26-19-18-20(29-13-28-19)27-11-10-25-18/h1-7,10-11,13H,8-9,12H2,(H,26,27,28,29). The average molecular weight is 442 g/mol. The van der Waals surface area contributed by atoms with E-state index in [0.717, 1.165) is 5.56 Å². The molecule has 1 N–H and O–H groups in total. The summed E-state index contributed by atoms with van der Waals surface area (Å²) < 4.78 is 47.1. The second-order valence-electron chi connectivity index (χ2n) is 6.59. The molecule has 0 atom stereocenters. The van der Waals surface area contributed by atoms with Crippen molar-refractivity contribution in [3.8, 4) is 17.5 Å². The minimum absolute atomic E-state index is 0.135. The molecule has 0 bridgehead atoms. The van der Waals surface area contributed by atoms with Crippen molar-refractivity contribution in [3.63, 3.8) is 0 Å². The molecule has 1 aromatic carbocycles. The summed E-state index contributed by atoms with van der Waals surface area (Å²) in [5.74, 6) is 1.08. The summed E-state index contributed by atoms with van der Waals surface area (Å²) in [6, 6.07) is 11.7. The van der Waals surface area contributed by atoms with Crippen LogP contribution in [0.2, 0.25) is 0 Å². The molecule has 0 spiro atoms. The highest BCUT2D eigenvalue weighted by Crippen LogP contribution is 2.23. The van der Waals surface area contributed by atoms with Gasteiger partial charge in [0, 0.05) is 31.1 Å². The first-order valence-corrected chi connectivity index (χ1v) is 9.55. The Bertz CT molecular complexity index is 1180. The number of benzene rings is 1. The second kappa shape index (κ2) is 9.41. The van der Waals surface area contributed by atoms with E-state index in [2.05, 4.69) is 35.0 Å². The quantitative estimate of drug-likeness (QED) is 0.434. The third kappa shape index (κ3) is 5.78. The fraction of sp³-hybridized carbons (Fsp3) is 0.190. The van der Waals surface area contributed by atoms with Crippen molar-refractivity contribution in [1.29, 1.82) is 0 Å². The highest BCUT2D eigenvalue weighted by molar-refractivity contribution is 5.81. The molecule has 0 aliphatic carbocycles. The molecule has 0 aliphatic heterocycles. The van der Waals surface area contributed by atoms with E-state index in [9.17, 15) is 13.2 Å². The van der Waals surface area contributed by atoms with Gasteiger partial charge in [-0.2, -0.15) is 18.2 Å². The van der Waals surface area contributed by atoms with E-state index in [-0.39, 0.29) is 11.8 Å². The van der Waals surface area contributed by atoms with Crippen LogP contribution in [0.25, 0.3) is 11.2 Å². The summed E-state index contributed by atoms with van der Waals surface area (Å²) in [7, 11) is 0. The first-order valence-electron chi connectivity index (χ1n) is 9.55. The van der Waals surface area contributed by atoms with Gasteiger partial charge in [0.05, 0.1) is 0 Å². The summed E-state index contributed by atoms with van der Waals surface area (Å²) in [4.78, 5) is 20.6. The predicted molar refractivity (Wildman–Crippen MR) is 110 cm³/mol. The van der Waals surface area contributed by atoms with E-state index >= 15 is 0 Å². The smallest absolute Gasteiger partial charge is 0.422 e. The molecule has 4 rings (SSSR count). The van der Waals surface area contributed by atoms with Gasteiger partial charge in [-0.25, -0.2) is 19.9 Å². The number of fused-ring (bicyclic) bond motifs is 1. The van der Waals surface area contributed by atoms with Crippen LogP contribution < -0.4 is 14.8 Å². The first kappa shape index (κ1) is 21.2. The van der Waals surface area contributed by atoms with Gasteiger partial charge in [-0.3, -0.25) is 0 Å². The van der Waals surface area contributed by atoms with Gasteiger partial charge in [0.2, 0.25) is 11.8 Å². The van der Waals surface area contributed by atoms with Crippen molar-refractivity contribution in [2.45, 2.75) is 12.6 Å². The highest BCUT2D eigenvalue weighted by Gasteiger charge is 2.28. The molecule has 0 amide bonds. The van der Waals surface area contributed by atoms with Crippen LogP contribution in [0.5, 0.6) is 17.5 Å². The maximum atomic E-state index is 12.3. The molecule has 4 aromatic rings. The molecule has 8 nitrogen and oxygen atoms in total. The normalized spacial score (nSPS) is 11.3. The fourth-order valence-corrected chi connectivity index (χ4v) is 2.78. The SMILES string of the molecule is FC(F)(F)COc1cccc(Oc2ccc(CCNc3ncnc4nccnc34)cc2)n1. The molecule has 32 heavy (non-hydrogen) atoms. The van der Waals surface area contributed by atoms with E-state index in [1.54, 1.807) is 24.5 Å². The average Bonchev–Trinajstić information content (AvgIpc) is 2.79. The number of nitrogens with one attached hydrogen (secondary N) is 1. The Kier molecular flexibility index (Phi) is 6.24. The zero-order chi connectivity index (χ0) is 22.4. The van der Waals surface area contributed by atoms with Gasteiger partial charge in [-0.05, 0) is 24.1 Å². The second-order valence-corrected chi connectivity index (χ2v) is 6.59. The number of hydrogen-bond donors (Lipinski definition) is 1. The number of aromatic nitrogens is 5. The Labute approximate surface area is 180 Å². The molecular formula is C21H17F3N6O2. The number of alkyl halides is 3. The van der Waals surface area contributed by atoms with Crippen LogP contribution in [-0.4, -0.2) is 44.2 Å². The van der Waals surface area contributed by atoms with Crippen molar-refractivity contribution in [1.82, 2.24) is 24.9 Å². The number of rotatable bonds is 8. The Morgan fingerprint density at radius 1 is 0.875 bits per heavy atom. The van der Waals surface area contributed by atoms with Crippen LogP contribution >= 0.6 is 0 Å². The van der Waals surface area contributed by atoms with Crippen LogP contribution in [0.4, 0.5) is 19.0 Å². The lowest BCUT2D eigenvalue weighted by Crippen LogP contribution is -2.19. The molecule has 0 aliphatic rings. The highest BCUT2D eigenvalue weighted by atomic mass is 19.4. The van der Waals surface area contributed by atoms with Crippen molar-refractivity contribution >= 4 is 17.0 Å². The number of hydrogen-bond acceptors (Lipinski definition) is 8. The van der Waals surface area contributed by atoms with E-state index in [0.29, 0.717) is 35.7 Å². The molecule has 0 saturated heterocycles. The van der Waals surface area contributed by atoms with Crippen LogP contribution in [0.1, 0.15) is 5.56 Å². The first-order chi connectivity index (χ1) is 15.5. The molecule has 3 aromatic heterocycles. The topological polar surface area (TPSA) is 94.9 Å². The summed E-state index contributed by atoms with van der Waals surface area (Å²) in [5.41, 5.74) is 2.17. The molecule has 164 valence electrons. The Morgan fingerprint density at radius 2 is 1.66 bits per heavy atom. The van der Waals surface area contributed by atoms with Gasteiger partial charge in [-0.15, -0.1) is 0 Å². The third-order valence-electron chi connectivity index (χ3n) is 4.20. The Morgan fingerprint density at radius 3 is 2.47 bits per heavy atom. The minimum Gasteiger partial charge on any atom is -0.468 e. The van der Waals surface area contributed by atoms with E-state index < -0.39 is 12.8 Å². The van der Waals surface area contributed by atoms with E-state index in [1.165, 1.54) is 24.5 Å². The molecule has 0 fully saturated rings. The van der Waals surface area contributed by atoms with E-state index in [4.69, 9.17) is 4.74 Å². The summed E-state index contributed by atoms with van der Waals surface area (Å²) in [5, 5.41) is 3.23. The van der Waals surface area contributed by atoms with Crippen molar-refractivity contribution < 1.29 is 22.6 Å². The van der Waals surface area contributed by atoms with Crippen molar-refractivity contribution in [3.05, 3.63) is 66.7 Å². The third-order valence-corrected chi connectivity index (χ3v) is 4.20. The van der Waals surface area contributed by atoms with Gasteiger partial charge in [0.1, 0.15) is 17.6 Å². The molecule has 0 saturated carbocycles. The van der Waals surface area contributed by atoms with Crippen molar-refractivity contribution in [2.75, 3.05) is 18.5 Å². The molecule has 3 heterocycles. The van der Waals surface area contributed by atoms with Crippen LogP contribution in [0.3, 0.4) is 0 Å². The van der Waals surface area contributed by atoms with Gasteiger partial charge in [0.25, 0.3) is 0 Å². The summed E-state index contributed by atoms with van der Waals surface area (Å²) >= 11 is 0. The lowest BCUT2D eigenvalue weighted by Gasteiger charge is -2.10. The largest absolute Gasteiger partial charge is 0.468 e. The molecule has 0 radical (unpaired) electrons. The van der Waals surface area contributed by atoms with Gasteiger partial charge >= 0.3 is 6.18 Å². The number of nitrogens with zero attached hydrogens (tertiary/aromatic N) is 5. The number of halogens is 3. The lowest BCUT2D eigenvalue weighted by molar-refractivity contribution is -0.154. The van der Waals surface area contributed by atoms with Gasteiger partial charge in [0.15, 0.2) is 18.1 Å². The number of pyridine rings is 1. The molecular weight excluding hydrogens is 425 g/mol. The number of anilines is 1. The van der Waals surface area contributed by atoms with E-state index in [1.807, 2.05) is 12.1 Å². The van der Waals surface area contributed by atoms with Crippen LogP contribution in [-0.2, 0) is 6.42 Å². The lowest BCUT2D eigenvalue weighted by atomic mass is 10.1. The maximum absolute atomic E-state index is 12.3. The number of ether oxygens (including phenoxy) is 2. The molecule has 0 unspecified atom stereocenters. The maximum Gasteiger partial charge on any atom is 0.422 e. The van der Waals surface area contributed by atoms with Crippen LogP contribution in [0.15, 0.2) is 61.2 Å². The molecule has 11 heteroatoms. The van der Waals surface area contributed by atoms with Crippen LogP contribution in [0, 0.1) is 0 Å². The predicted octanol–water partition coefficient (Wildman–Crippen LogP) is 4.20. The van der Waals surface area contributed by atoms with Gasteiger partial charge < -0.3 is 14.8 Å². The zero-order valence-corrected chi connectivity index (χ0v) is 16.6.